The van der Waals surface area contributed by atoms with Crippen molar-refractivity contribution in [2.45, 2.75) is 31.8 Å². The third kappa shape index (κ3) is 2.46. The highest BCUT2D eigenvalue weighted by Crippen LogP contribution is 2.29. The molecule has 16 heavy (non-hydrogen) atoms. The van der Waals surface area contributed by atoms with Crippen molar-refractivity contribution in [2.24, 2.45) is 5.92 Å². The Morgan fingerprint density at radius 1 is 1.31 bits per heavy atom. The van der Waals surface area contributed by atoms with Gasteiger partial charge in [0, 0.05) is 6.07 Å². The summed E-state index contributed by atoms with van der Waals surface area (Å²) in [6, 6.07) is 9.05. The molecule has 0 aromatic heterocycles. The van der Waals surface area contributed by atoms with Crippen molar-refractivity contribution in [2.75, 3.05) is 0 Å². The van der Waals surface area contributed by atoms with Crippen molar-refractivity contribution >= 4 is 0 Å². The Kier molecular flexibility index (Phi) is 3.31. The van der Waals surface area contributed by atoms with Crippen LogP contribution >= 0.6 is 0 Å². The van der Waals surface area contributed by atoms with Crippen LogP contribution in [0.3, 0.4) is 0 Å². The second-order valence-corrected chi connectivity index (χ2v) is 4.17. The van der Waals surface area contributed by atoms with Crippen molar-refractivity contribution < 1.29 is 9.84 Å². The van der Waals surface area contributed by atoms with E-state index in [-0.39, 0.29) is 17.8 Å². The number of phenolic OH excluding ortho intramolecular Hbond substituents is 1. The van der Waals surface area contributed by atoms with Crippen LogP contribution in [0.4, 0.5) is 0 Å². The summed E-state index contributed by atoms with van der Waals surface area (Å²) in [7, 11) is 0. The summed E-state index contributed by atoms with van der Waals surface area (Å²) >= 11 is 0. The first kappa shape index (κ1) is 10.8. The zero-order valence-electron chi connectivity index (χ0n) is 9.10. The normalized spacial score (nSPS) is 24.7. The van der Waals surface area contributed by atoms with Crippen molar-refractivity contribution in [3.05, 3.63) is 24.3 Å². The van der Waals surface area contributed by atoms with Gasteiger partial charge in [0.1, 0.15) is 17.6 Å². The lowest BCUT2D eigenvalue weighted by molar-refractivity contribution is 0.120. The first-order valence-corrected chi connectivity index (χ1v) is 5.65. The molecule has 1 N–H and O–H groups in total. The largest absolute Gasteiger partial charge is 0.508 e. The van der Waals surface area contributed by atoms with E-state index in [9.17, 15) is 5.11 Å². The molecule has 0 amide bonds. The van der Waals surface area contributed by atoms with Gasteiger partial charge in [0.25, 0.3) is 0 Å². The van der Waals surface area contributed by atoms with Crippen molar-refractivity contribution in [3.63, 3.8) is 0 Å². The second-order valence-electron chi connectivity index (χ2n) is 4.17. The maximum absolute atomic E-state index is 9.32. The summed E-state index contributed by atoms with van der Waals surface area (Å²) in [6.07, 6.45) is 4.04. The Labute approximate surface area is 95.3 Å². The Balaban J connectivity index is 2.05. The van der Waals surface area contributed by atoms with Gasteiger partial charge >= 0.3 is 0 Å². The molecule has 0 saturated heterocycles. The highest BCUT2D eigenvalue weighted by atomic mass is 16.5. The van der Waals surface area contributed by atoms with Gasteiger partial charge in [0.2, 0.25) is 0 Å². The predicted molar refractivity (Wildman–Crippen MR) is 60.1 cm³/mol. The molecule has 1 aromatic carbocycles. The molecule has 3 heteroatoms. The molecule has 3 nitrogen and oxygen atoms in total. The number of ether oxygens (including phenoxy) is 1. The molecule has 0 spiro atoms. The van der Waals surface area contributed by atoms with Gasteiger partial charge in [-0.25, -0.2) is 0 Å². The zero-order valence-corrected chi connectivity index (χ0v) is 9.10. The fourth-order valence-electron chi connectivity index (χ4n) is 2.12. The van der Waals surface area contributed by atoms with Gasteiger partial charge in [0.15, 0.2) is 0 Å². The lowest BCUT2D eigenvalue weighted by Crippen LogP contribution is -2.29. The van der Waals surface area contributed by atoms with E-state index in [0.717, 1.165) is 25.7 Å². The molecule has 84 valence electrons. The SMILES string of the molecule is N#CC1CCCCC1Oc1cccc(O)c1. The van der Waals surface area contributed by atoms with Crippen LogP contribution in [0.25, 0.3) is 0 Å². The third-order valence-electron chi connectivity index (χ3n) is 2.97. The molecule has 1 aromatic rings. The summed E-state index contributed by atoms with van der Waals surface area (Å²) in [5.41, 5.74) is 0. The van der Waals surface area contributed by atoms with Crippen LogP contribution in [0, 0.1) is 17.2 Å². The quantitative estimate of drug-likeness (QED) is 0.828. The lowest BCUT2D eigenvalue weighted by atomic mass is 9.87. The van der Waals surface area contributed by atoms with Crippen LogP contribution in [-0.2, 0) is 0 Å². The number of nitrogens with zero attached hydrogens (tertiary/aromatic N) is 1. The van der Waals surface area contributed by atoms with E-state index in [2.05, 4.69) is 6.07 Å². The van der Waals surface area contributed by atoms with E-state index in [4.69, 9.17) is 10.00 Å². The number of benzene rings is 1. The summed E-state index contributed by atoms with van der Waals surface area (Å²) in [5.74, 6) is 0.824. The molecule has 1 aliphatic carbocycles. The fourth-order valence-corrected chi connectivity index (χ4v) is 2.12. The highest BCUT2D eigenvalue weighted by Gasteiger charge is 2.26. The Morgan fingerprint density at radius 3 is 2.88 bits per heavy atom. The summed E-state index contributed by atoms with van der Waals surface area (Å²) in [5, 5.41) is 18.3. The van der Waals surface area contributed by atoms with Gasteiger partial charge in [0.05, 0.1) is 12.0 Å². The third-order valence-corrected chi connectivity index (χ3v) is 2.97. The van der Waals surface area contributed by atoms with Gasteiger partial charge in [-0.2, -0.15) is 5.26 Å². The van der Waals surface area contributed by atoms with Crippen LogP contribution in [0.1, 0.15) is 25.7 Å². The number of hydrogen-bond acceptors (Lipinski definition) is 3. The Bertz CT molecular complexity index is 397. The first-order valence-electron chi connectivity index (χ1n) is 5.65. The van der Waals surface area contributed by atoms with Gasteiger partial charge in [-0.3, -0.25) is 0 Å². The highest BCUT2D eigenvalue weighted by molar-refractivity contribution is 5.32. The van der Waals surface area contributed by atoms with Crippen molar-refractivity contribution in [3.8, 4) is 17.6 Å². The molecular formula is C13H15NO2. The van der Waals surface area contributed by atoms with Crippen LogP contribution < -0.4 is 4.74 Å². The number of hydrogen-bond donors (Lipinski definition) is 1. The molecule has 2 atom stereocenters. The summed E-state index contributed by atoms with van der Waals surface area (Å²) < 4.78 is 5.76. The van der Waals surface area contributed by atoms with Gasteiger partial charge in [-0.15, -0.1) is 0 Å². The Hall–Kier alpha value is -1.69. The number of aromatic hydroxyl groups is 1. The topological polar surface area (TPSA) is 53.2 Å². The maximum atomic E-state index is 9.32. The van der Waals surface area contributed by atoms with E-state index in [0.29, 0.717) is 5.75 Å². The maximum Gasteiger partial charge on any atom is 0.123 e. The van der Waals surface area contributed by atoms with Crippen LogP contribution in [0.5, 0.6) is 11.5 Å². The molecule has 2 unspecified atom stereocenters. The van der Waals surface area contributed by atoms with E-state index < -0.39 is 0 Å². The second kappa shape index (κ2) is 4.89. The van der Waals surface area contributed by atoms with E-state index >= 15 is 0 Å². The van der Waals surface area contributed by atoms with Gasteiger partial charge in [-0.1, -0.05) is 12.5 Å². The average Bonchev–Trinajstić information content (AvgIpc) is 2.30. The van der Waals surface area contributed by atoms with E-state index in [1.165, 1.54) is 0 Å². The fraction of sp³-hybridized carbons (Fsp3) is 0.462. The molecule has 1 saturated carbocycles. The van der Waals surface area contributed by atoms with E-state index in [1.807, 2.05) is 6.07 Å². The number of rotatable bonds is 2. The molecule has 2 rings (SSSR count). The number of phenols is 1. The standard InChI is InChI=1S/C13H15NO2/c14-9-10-4-1-2-7-13(10)16-12-6-3-5-11(15)8-12/h3,5-6,8,10,13,15H,1-2,4,7H2. The van der Waals surface area contributed by atoms with Gasteiger partial charge < -0.3 is 9.84 Å². The minimum absolute atomic E-state index is 0.0175. The van der Waals surface area contributed by atoms with Crippen molar-refractivity contribution in [1.29, 1.82) is 5.26 Å². The van der Waals surface area contributed by atoms with E-state index in [1.54, 1.807) is 18.2 Å². The summed E-state index contributed by atoms with van der Waals surface area (Å²) in [4.78, 5) is 0. The van der Waals surface area contributed by atoms with Gasteiger partial charge in [-0.05, 0) is 31.4 Å². The zero-order chi connectivity index (χ0) is 11.4. The Morgan fingerprint density at radius 2 is 2.12 bits per heavy atom. The van der Waals surface area contributed by atoms with Crippen LogP contribution in [0.2, 0.25) is 0 Å². The average molecular weight is 217 g/mol. The minimum Gasteiger partial charge on any atom is -0.508 e. The molecular weight excluding hydrogens is 202 g/mol. The lowest BCUT2D eigenvalue weighted by Gasteiger charge is -2.27. The smallest absolute Gasteiger partial charge is 0.123 e. The van der Waals surface area contributed by atoms with Crippen LogP contribution in [0.15, 0.2) is 24.3 Å². The van der Waals surface area contributed by atoms with Crippen molar-refractivity contribution in [1.82, 2.24) is 0 Å². The first-order chi connectivity index (χ1) is 7.79. The summed E-state index contributed by atoms with van der Waals surface area (Å²) in [6.45, 7) is 0. The minimum atomic E-state index is -0.0273. The molecule has 0 aliphatic heterocycles. The molecule has 0 bridgehead atoms. The molecule has 0 radical (unpaired) electrons. The molecule has 0 heterocycles. The molecule has 1 aliphatic rings. The predicted octanol–water partition coefficient (Wildman–Crippen LogP) is 2.85. The monoisotopic (exact) mass is 217 g/mol. The van der Waals surface area contributed by atoms with Crippen LogP contribution in [-0.4, -0.2) is 11.2 Å². The number of nitriles is 1. The molecule has 1 fully saturated rings.